The summed E-state index contributed by atoms with van der Waals surface area (Å²) in [5.41, 5.74) is 2.89. The Bertz CT molecular complexity index is 902. The van der Waals surface area contributed by atoms with Crippen molar-refractivity contribution in [2.24, 2.45) is 0 Å². The van der Waals surface area contributed by atoms with Gasteiger partial charge in [0.1, 0.15) is 0 Å². The summed E-state index contributed by atoms with van der Waals surface area (Å²) in [5.74, 6) is -0.317. The number of aryl methyl sites for hydroxylation is 1. The molecule has 0 spiro atoms. The second kappa shape index (κ2) is 7.47. The van der Waals surface area contributed by atoms with Crippen LogP contribution in [0, 0.1) is 6.92 Å². The van der Waals surface area contributed by atoms with Crippen LogP contribution in [-0.2, 0) is 9.84 Å². The number of sulfone groups is 1. The highest BCUT2D eigenvalue weighted by molar-refractivity contribution is 7.90. The summed E-state index contributed by atoms with van der Waals surface area (Å²) in [6, 6.07) is 12.3. The van der Waals surface area contributed by atoms with Crippen LogP contribution >= 0.6 is 0 Å². The molecule has 1 aliphatic heterocycles. The zero-order chi connectivity index (χ0) is 18.7. The van der Waals surface area contributed by atoms with Crippen molar-refractivity contribution in [1.29, 1.82) is 0 Å². The summed E-state index contributed by atoms with van der Waals surface area (Å²) in [7, 11) is -3.36. The minimum Gasteiger partial charge on any atom is -0.369 e. The van der Waals surface area contributed by atoms with Crippen LogP contribution in [0.5, 0.6) is 0 Å². The molecule has 26 heavy (non-hydrogen) atoms. The normalized spacial score (nSPS) is 14.9. The number of hydrogen-bond donors (Lipinski definition) is 2. The van der Waals surface area contributed by atoms with Crippen molar-refractivity contribution in [3.63, 3.8) is 0 Å². The number of nitrogens with zero attached hydrogens (tertiary/aromatic N) is 1. The second-order valence-corrected chi connectivity index (χ2v) is 8.50. The lowest BCUT2D eigenvalue weighted by Gasteiger charge is -2.29. The van der Waals surface area contributed by atoms with Gasteiger partial charge in [-0.15, -0.1) is 0 Å². The number of carbonyl (C=O) groups is 1. The lowest BCUT2D eigenvalue weighted by molar-refractivity contribution is 0.102. The van der Waals surface area contributed by atoms with E-state index in [1.807, 2.05) is 24.3 Å². The van der Waals surface area contributed by atoms with Crippen LogP contribution in [0.25, 0.3) is 0 Å². The molecule has 0 atom stereocenters. The molecule has 0 bridgehead atoms. The van der Waals surface area contributed by atoms with Crippen molar-refractivity contribution < 1.29 is 13.2 Å². The van der Waals surface area contributed by atoms with E-state index >= 15 is 0 Å². The summed E-state index contributed by atoms with van der Waals surface area (Å²) in [6.45, 7) is 5.64. The maximum absolute atomic E-state index is 12.6. The van der Waals surface area contributed by atoms with E-state index in [1.54, 1.807) is 13.0 Å². The van der Waals surface area contributed by atoms with E-state index in [2.05, 4.69) is 15.5 Å². The van der Waals surface area contributed by atoms with Crippen LogP contribution in [0.3, 0.4) is 0 Å². The van der Waals surface area contributed by atoms with Gasteiger partial charge in [0, 0.05) is 49.4 Å². The largest absolute Gasteiger partial charge is 0.369 e. The minimum atomic E-state index is -3.36. The fourth-order valence-corrected chi connectivity index (χ4v) is 3.60. The number of carbonyl (C=O) groups excluding carboxylic acids is 1. The van der Waals surface area contributed by atoms with E-state index in [-0.39, 0.29) is 10.8 Å². The van der Waals surface area contributed by atoms with E-state index in [0.717, 1.165) is 43.7 Å². The number of rotatable bonds is 4. The lowest BCUT2D eigenvalue weighted by Crippen LogP contribution is -2.43. The van der Waals surface area contributed by atoms with Crippen molar-refractivity contribution in [1.82, 2.24) is 5.32 Å². The molecular formula is C19H23N3O3S. The van der Waals surface area contributed by atoms with Gasteiger partial charge in [-0.2, -0.15) is 0 Å². The van der Waals surface area contributed by atoms with Crippen LogP contribution in [-0.4, -0.2) is 46.8 Å². The Morgan fingerprint density at radius 3 is 2.35 bits per heavy atom. The molecule has 138 valence electrons. The molecule has 2 N–H and O–H groups in total. The topological polar surface area (TPSA) is 78.5 Å². The van der Waals surface area contributed by atoms with Crippen molar-refractivity contribution in [2.75, 3.05) is 42.7 Å². The smallest absolute Gasteiger partial charge is 0.255 e. The molecule has 7 heteroatoms. The maximum atomic E-state index is 12.6. The van der Waals surface area contributed by atoms with Gasteiger partial charge < -0.3 is 15.5 Å². The number of hydrogen-bond acceptors (Lipinski definition) is 5. The third-order valence-corrected chi connectivity index (χ3v) is 5.60. The van der Waals surface area contributed by atoms with E-state index in [0.29, 0.717) is 11.3 Å². The maximum Gasteiger partial charge on any atom is 0.255 e. The van der Waals surface area contributed by atoms with Gasteiger partial charge in [-0.05, 0) is 48.9 Å². The molecule has 1 fully saturated rings. The van der Waals surface area contributed by atoms with E-state index < -0.39 is 9.84 Å². The van der Waals surface area contributed by atoms with Crippen LogP contribution in [0.15, 0.2) is 47.4 Å². The van der Waals surface area contributed by atoms with Crippen LogP contribution in [0.2, 0.25) is 0 Å². The van der Waals surface area contributed by atoms with Crippen LogP contribution in [0.1, 0.15) is 15.9 Å². The lowest BCUT2D eigenvalue weighted by atomic mass is 10.1. The third-order valence-electron chi connectivity index (χ3n) is 4.49. The average Bonchev–Trinajstić information content (AvgIpc) is 2.62. The first kappa shape index (κ1) is 18.4. The highest BCUT2D eigenvalue weighted by Gasteiger charge is 2.15. The van der Waals surface area contributed by atoms with Gasteiger partial charge in [-0.1, -0.05) is 6.07 Å². The first-order valence-corrected chi connectivity index (χ1v) is 10.4. The molecule has 3 rings (SSSR count). The van der Waals surface area contributed by atoms with E-state index in [1.165, 1.54) is 12.1 Å². The van der Waals surface area contributed by atoms with Gasteiger partial charge in [-0.3, -0.25) is 4.79 Å². The Morgan fingerprint density at radius 1 is 1.08 bits per heavy atom. The van der Waals surface area contributed by atoms with E-state index in [9.17, 15) is 13.2 Å². The van der Waals surface area contributed by atoms with Crippen LogP contribution < -0.4 is 15.5 Å². The summed E-state index contributed by atoms with van der Waals surface area (Å²) in [4.78, 5) is 15.0. The quantitative estimate of drug-likeness (QED) is 0.858. The summed E-state index contributed by atoms with van der Waals surface area (Å²) in [5, 5.41) is 6.16. The number of benzene rings is 2. The monoisotopic (exact) mass is 373 g/mol. The number of anilines is 2. The van der Waals surface area contributed by atoms with Gasteiger partial charge >= 0.3 is 0 Å². The molecule has 1 saturated heterocycles. The Kier molecular flexibility index (Phi) is 5.29. The average molecular weight is 373 g/mol. The molecule has 0 aromatic heterocycles. The molecule has 1 amide bonds. The predicted octanol–water partition coefficient (Wildman–Crippen LogP) is 2.06. The molecule has 0 saturated carbocycles. The van der Waals surface area contributed by atoms with Gasteiger partial charge in [0.25, 0.3) is 5.91 Å². The first-order chi connectivity index (χ1) is 12.3. The van der Waals surface area contributed by atoms with Gasteiger partial charge in [0.2, 0.25) is 0 Å². The Labute approximate surface area is 154 Å². The zero-order valence-corrected chi connectivity index (χ0v) is 15.8. The summed E-state index contributed by atoms with van der Waals surface area (Å²) in [6.07, 6.45) is 1.13. The molecule has 0 radical (unpaired) electrons. The highest BCUT2D eigenvalue weighted by atomic mass is 32.2. The van der Waals surface area contributed by atoms with Crippen LogP contribution in [0.4, 0.5) is 11.4 Å². The fraction of sp³-hybridized carbons (Fsp3) is 0.316. The number of amides is 1. The molecule has 0 aliphatic carbocycles. The minimum absolute atomic E-state index is 0.141. The molecule has 1 heterocycles. The van der Waals surface area contributed by atoms with Gasteiger partial charge in [0.15, 0.2) is 9.84 Å². The Balaban J connectivity index is 1.75. The van der Waals surface area contributed by atoms with Crippen molar-refractivity contribution in [3.8, 4) is 0 Å². The molecule has 1 aliphatic rings. The summed E-state index contributed by atoms with van der Waals surface area (Å²) < 4.78 is 23.4. The fourth-order valence-electron chi connectivity index (χ4n) is 2.95. The SMILES string of the molecule is Cc1ccc(S(C)(=O)=O)cc1C(=O)Nc1ccc(N2CCNCC2)cc1. The third kappa shape index (κ3) is 4.23. The zero-order valence-electron chi connectivity index (χ0n) is 15.0. The Hall–Kier alpha value is -2.38. The van der Waals surface area contributed by atoms with Crippen molar-refractivity contribution in [3.05, 3.63) is 53.6 Å². The molecule has 2 aromatic rings. The van der Waals surface area contributed by atoms with Gasteiger partial charge in [-0.25, -0.2) is 8.42 Å². The molecule has 2 aromatic carbocycles. The number of piperazine rings is 1. The Morgan fingerprint density at radius 2 is 1.73 bits per heavy atom. The highest BCUT2D eigenvalue weighted by Crippen LogP contribution is 2.21. The first-order valence-electron chi connectivity index (χ1n) is 8.52. The molecule has 6 nitrogen and oxygen atoms in total. The van der Waals surface area contributed by atoms with E-state index in [4.69, 9.17) is 0 Å². The second-order valence-electron chi connectivity index (χ2n) is 6.49. The molecular weight excluding hydrogens is 350 g/mol. The van der Waals surface area contributed by atoms with Crippen molar-refractivity contribution >= 4 is 27.1 Å². The standard InChI is InChI=1S/C19H23N3O3S/c1-14-3-8-17(26(2,24)25)13-18(14)19(23)21-15-4-6-16(7-5-15)22-11-9-20-10-12-22/h3-8,13,20H,9-12H2,1-2H3,(H,21,23). The van der Waals surface area contributed by atoms with Crippen molar-refractivity contribution in [2.45, 2.75) is 11.8 Å². The molecule has 0 unspecified atom stereocenters. The summed E-state index contributed by atoms with van der Waals surface area (Å²) >= 11 is 0. The predicted molar refractivity (Wildman–Crippen MR) is 104 cm³/mol. The van der Waals surface area contributed by atoms with Gasteiger partial charge in [0.05, 0.1) is 4.90 Å². The number of nitrogens with one attached hydrogen (secondary N) is 2.